The van der Waals surface area contributed by atoms with E-state index in [1.165, 1.54) is 23.5 Å². The molecule has 1 N–H and O–H groups in total. The zero-order valence-electron chi connectivity index (χ0n) is 27.6. The molecule has 2 heterocycles. The van der Waals surface area contributed by atoms with Crippen LogP contribution in [0.15, 0.2) is 60.0 Å². The van der Waals surface area contributed by atoms with Gasteiger partial charge in [0, 0.05) is 55.9 Å². The molecule has 10 nitrogen and oxygen atoms in total. The smallest absolute Gasteiger partial charge is 0.335 e. The second-order valence-electron chi connectivity index (χ2n) is 13.9. The number of sulfone groups is 1. The fourth-order valence-electron chi connectivity index (χ4n) is 7.60. The lowest BCUT2D eigenvalue weighted by atomic mass is 9.69. The van der Waals surface area contributed by atoms with E-state index in [1.807, 2.05) is 6.07 Å². The zero-order chi connectivity index (χ0) is 34.2. The quantitative estimate of drug-likeness (QED) is 0.267. The van der Waals surface area contributed by atoms with Crippen molar-refractivity contribution >= 4 is 39.0 Å². The van der Waals surface area contributed by atoms with E-state index in [0.29, 0.717) is 32.0 Å². The number of aromatic nitrogens is 2. The van der Waals surface area contributed by atoms with Crippen LogP contribution < -0.4 is 9.64 Å². The van der Waals surface area contributed by atoms with Crippen LogP contribution >= 0.6 is 11.6 Å². The first kappa shape index (κ1) is 34.2. The first-order valence-electron chi connectivity index (χ1n) is 16.7. The topological polar surface area (TPSA) is 130 Å². The molecule has 2 aliphatic carbocycles. The molecular weight excluding hydrogens is 652 g/mol. The minimum atomic E-state index is -3.77. The van der Waals surface area contributed by atoms with Gasteiger partial charge in [0.2, 0.25) is 20.9 Å². The number of hydrogen-bond acceptors (Lipinski definition) is 8. The Bertz CT molecular complexity index is 1790. The van der Waals surface area contributed by atoms with E-state index >= 15 is 0 Å². The first-order chi connectivity index (χ1) is 22.9. The zero-order valence-corrected chi connectivity index (χ0v) is 29.2. The number of hydrogen-bond donors (Lipinski definition) is 1. The average molecular weight is 695 g/mol. The molecule has 2 aromatic carbocycles. The summed E-state index contributed by atoms with van der Waals surface area (Å²) < 4.78 is 32.6. The molecule has 48 heavy (non-hydrogen) atoms. The summed E-state index contributed by atoms with van der Waals surface area (Å²) in [5.41, 5.74) is 3.21. The number of anilines is 1. The van der Waals surface area contributed by atoms with E-state index in [2.05, 4.69) is 27.0 Å². The molecule has 1 aromatic heterocycles. The molecule has 0 saturated heterocycles. The Kier molecular flexibility index (Phi) is 9.73. The van der Waals surface area contributed by atoms with Gasteiger partial charge in [0.1, 0.15) is 5.75 Å². The molecule has 6 rings (SSSR count). The van der Waals surface area contributed by atoms with Gasteiger partial charge < -0.3 is 19.6 Å². The van der Waals surface area contributed by atoms with Crippen LogP contribution in [0.5, 0.6) is 5.75 Å². The van der Waals surface area contributed by atoms with E-state index in [4.69, 9.17) is 16.3 Å². The van der Waals surface area contributed by atoms with Gasteiger partial charge >= 0.3 is 5.97 Å². The predicted octanol–water partition coefficient (Wildman–Crippen LogP) is 5.67. The van der Waals surface area contributed by atoms with Crippen molar-refractivity contribution in [2.24, 2.45) is 17.8 Å². The van der Waals surface area contributed by atoms with E-state index < -0.39 is 27.0 Å². The van der Waals surface area contributed by atoms with E-state index in [0.717, 1.165) is 42.8 Å². The van der Waals surface area contributed by atoms with Crippen molar-refractivity contribution in [2.45, 2.75) is 68.2 Å². The lowest BCUT2D eigenvalue weighted by Gasteiger charge is -2.45. The number of halogens is 1. The van der Waals surface area contributed by atoms with Crippen molar-refractivity contribution in [3.8, 4) is 5.75 Å². The maximum atomic E-state index is 13.4. The summed E-state index contributed by atoms with van der Waals surface area (Å²) in [6, 6.07) is 12.8. The fourth-order valence-corrected chi connectivity index (χ4v) is 9.25. The van der Waals surface area contributed by atoms with Gasteiger partial charge in [-0.3, -0.25) is 4.79 Å². The minimum absolute atomic E-state index is 0.0970. The number of aromatic carboxylic acids is 1. The molecular formula is C36H43ClN4O6S. The number of carbonyl (C=O) groups excluding carboxylic acids is 1. The summed E-state index contributed by atoms with van der Waals surface area (Å²) in [5.74, 6) is -0.273. The summed E-state index contributed by atoms with van der Waals surface area (Å²) in [7, 11) is -1.98. The molecule has 3 aliphatic rings. The SMILES string of the molecule is C[C@H](CC(=O)N(C)C[C@@H]1CC[C@H]1CN1CC2(CCCc3cc(Cl)ccc32)COc2ccc(C(=O)O)cc21)[C@@H](C)S(=O)(=O)c1ncccn1. The molecule has 3 aromatic rings. The van der Waals surface area contributed by atoms with E-state index in [9.17, 15) is 23.1 Å². The number of fused-ring (bicyclic) bond motifs is 3. The van der Waals surface area contributed by atoms with Gasteiger partial charge in [0.15, 0.2) is 0 Å². The number of carboxylic acids is 1. The number of rotatable bonds is 10. The first-order valence-corrected chi connectivity index (χ1v) is 18.6. The van der Waals surface area contributed by atoms with Crippen molar-refractivity contribution in [1.82, 2.24) is 14.9 Å². The average Bonchev–Trinajstić information content (AvgIpc) is 3.22. The van der Waals surface area contributed by atoms with Gasteiger partial charge in [-0.25, -0.2) is 23.2 Å². The number of benzene rings is 2. The molecule has 1 spiro atoms. The number of carbonyl (C=O) groups is 2. The molecule has 5 atom stereocenters. The fraction of sp³-hybridized carbons (Fsp3) is 0.500. The van der Waals surface area contributed by atoms with Gasteiger partial charge in [-0.05, 0) is 104 Å². The third-order valence-electron chi connectivity index (χ3n) is 10.8. The van der Waals surface area contributed by atoms with Crippen molar-refractivity contribution < 1.29 is 27.9 Å². The van der Waals surface area contributed by atoms with Crippen molar-refractivity contribution in [3.63, 3.8) is 0 Å². The van der Waals surface area contributed by atoms with Gasteiger partial charge in [-0.2, -0.15) is 0 Å². The standard InChI is InChI=1S/C36H43ClN4O6S/c1-23(24(2)48(45,46)35-38-14-5-15-39-35)16-33(42)40(3)19-27-7-8-28(27)20-41-21-36(13-4-6-25-17-29(37)10-11-30(25)36)22-47-32-12-9-26(34(43)44)18-31(32)41/h5,9-12,14-15,17-18,23-24,27-28H,4,6-8,13,16,19-22H2,1-3H3,(H,43,44)/t23-,24-,27+,28+,36?/m1/s1. The van der Waals surface area contributed by atoms with Gasteiger partial charge in [-0.15, -0.1) is 0 Å². The highest BCUT2D eigenvalue weighted by Gasteiger charge is 2.44. The third-order valence-corrected chi connectivity index (χ3v) is 13.2. The maximum Gasteiger partial charge on any atom is 0.335 e. The largest absolute Gasteiger partial charge is 0.490 e. The third kappa shape index (κ3) is 6.76. The molecule has 1 fully saturated rings. The molecule has 1 amide bonds. The molecule has 1 aliphatic heterocycles. The second-order valence-corrected chi connectivity index (χ2v) is 16.6. The van der Waals surface area contributed by atoms with E-state index in [-0.39, 0.29) is 40.3 Å². The molecule has 1 unspecified atom stereocenters. The maximum absolute atomic E-state index is 13.4. The van der Waals surface area contributed by atoms with Crippen LogP contribution in [0.1, 0.15) is 67.4 Å². The van der Waals surface area contributed by atoms with Crippen molar-refractivity contribution in [3.05, 3.63) is 76.6 Å². The van der Waals surface area contributed by atoms with Crippen LogP contribution in [0, 0.1) is 17.8 Å². The van der Waals surface area contributed by atoms with Crippen LogP contribution in [-0.2, 0) is 26.5 Å². The van der Waals surface area contributed by atoms with Gasteiger partial charge in [-0.1, -0.05) is 24.6 Å². The Labute approximate surface area is 287 Å². The molecule has 1 saturated carbocycles. The Morgan fingerprint density at radius 1 is 1.12 bits per heavy atom. The summed E-state index contributed by atoms with van der Waals surface area (Å²) in [4.78, 5) is 37.2. The Morgan fingerprint density at radius 2 is 1.88 bits per heavy atom. The van der Waals surface area contributed by atoms with Crippen LogP contribution in [0.2, 0.25) is 5.02 Å². The van der Waals surface area contributed by atoms with Crippen molar-refractivity contribution in [1.29, 1.82) is 0 Å². The summed E-state index contributed by atoms with van der Waals surface area (Å²) in [6.45, 7) is 5.84. The second kappa shape index (κ2) is 13.7. The molecule has 0 radical (unpaired) electrons. The highest BCUT2D eigenvalue weighted by Crippen LogP contribution is 2.46. The molecule has 256 valence electrons. The lowest BCUT2D eigenvalue weighted by Crippen LogP contribution is -2.49. The Hall–Kier alpha value is -3.70. The number of amides is 1. The number of nitrogens with zero attached hydrogens (tertiary/aromatic N) is 4. The lowest BCUT2D eigenvalue weighted by molar-refractivity contribution is -0.132. The highest BCUT2D eigenvalue weighted by molar-refractivity contribution is 7.91. The van der Waals surface area contributed by atoms with Crippen LogP contribution in [0.4, 0.5) is 5.69 Å². The number of carboxylic acid groups (broad SMARTS) is 1. The predicted molar refractivity (Wildman–Crippen MR) is 183 cm³/mol. The Balaban J connectivity index is 1.17. The number of ether oxygens (including phenoxy) is 1. The van der Waals surface area contributed by atoms with Gasteiger partial charge in [0.05, 0.1) is 23.1 Å². The van der Waals surface area contributed by atoms with Crippen LogP contribution in [-0.4, -0.2) is 78.8 Å². The van der Waals surface area contributed by atoms with Gasteiger partial charge in [0.25, 0.3) is 0 Å². The molecule has 12 heteroatoms. The van der Waals surface area contributed by atoms with Crippen LogP contribution in [0.25, 0.3) is 0 Å². The Morgan fingerprint density at radius 3 is 2.58 bits per heavy atom. The summed E-state index contributed by atoms with van der Waals surface area (Å²) in [6.07, 6.45) is 7.80. The normalized spacial score (nSPS) is 23.1. The van der Waals surface area contributed by atoms with Crippen molar-refractivity contribution in [2.75, 3.05) is 38.2 Å². The van der Waals surface area contributed by atoms with Crippen LogP contribution in [0.3, 0.4) is 0 Å². The summed E-state index contributed by atoms with van der Waals surface area (Å²) >= 11 is 6.39. The number of aryl methyl sites for hydroxylation is 1. The van der Waals surface area contributed by atoms with E-state index in [1.54, 1.807) is 50.1 Å². The molecule has 0 bridgehead atoms. The summed E-state index contributed by atoms with van der Waals surface area (Å²) in [5, 5.41) is 9.51. The highest BCUT2D eigenvalue weighted by atomic mass is 35.5. The minimum Gasteiger partial charge on any atom is -0.490 e. The monoisotopic (exact) mass is 694 g/mol.